The van der Waals surface area contributed by atoms with Gasteiger partial charge >= 0.3 is 0 Å². The van der Waals surface area contributed by atoms with Gasteiger partial charge in [-0.15, -0.1) is 11.3 Å². The summed E-state index contributed by atoms with van der Waals surface area (Å²) < 4.78 is 1.15. The maximum atomic E-state index is 12.4. The molecule has 3 rings (SSSR count). The van der Waals surface area contributed by atoms with E-state index in [9.17, 15) is 9.90 Å². The molecule has 1 aromatic carbocycles. The van der Waals surface area contributed by atoms with Crippen molar-refractivity contribution in [2.75, 3.05) is 6.61 Å². The number of fused-ring (bicyclic) bond motifs is 1. The van der Waals surface area contributed by atoms with Gasteiger partial charge in [0, 0.05) is 28.1 Å². The molecule has 20 heavy (non-hydrogen) atoms. The van der Waals surface area contributed by atoms with Crippen LogP contribution in [0.2, 0.25) is 0 Å². The van der Waals surface area contributed by atoms with E-state index in [1.54, 1.807) is 11.3 Å². The molecule has 0 radical (unpaired) electrons. The molecular formula is C16H19NO2S. The highest BCUT2D eigenvalue weighted by atomic mass is 32.1. The van der Waals surface area contributed by atoms with Crippen molar-refractivity contribution >= 4 is 27.3 Å². The van der Waals surface area contributed by atoms with Gasteiger partial charge in [0.1, 0.15) is 0 Å². The van der Waals surface area contributed by atoms with Gasteiger partial charge in [-0.05, 0) is 31.2 Å². The summed E-state index contributed by atoms with van der Waals surface area (Å²) in [7, 11) is 0. The Balaban J connectivity index is 1.73. The van der Waals surface area contributed by atoms with Gasteiger partial charge < -0.3 is 10.4 Å². The van der Waals surface area contributed by atoms with Crippen LogP contribution in [0.4, 0.5) is 0 Å². The standard InChI is InChI=1S/C16H19NO2S/c18-9-11-4-3-5-12(8-11)17-16(19)14-10-20-15-7-2-1-6-13(14)15/h1-2,6-7,10-12,18H,3-5,8-9H2,(H,17,19)/t11-,12-/m1/s1. The van der Waals surface area contributed by atoms with Crippen LogP contribution in [0.1, 0.15) is 36.0 Å². The molecule has 0 aliphatic heterocycles. The van der Waals surface area contributed by atoms with Crippen LogP contribution in [0.25, 0.3) is 10.1 Å². The van der Waals surface area contributed by atoms with E-state index in [2.05, 4.69) is 5.32 Å². The first kappa shape index (κ1) is 13.6. The van der Waals surface area contributed by atoms with Gasteiger partial charge in [-0.25, -0.2) is 0 Å². The van der Waals surface area contributed by atoms with Crippen LogP contribution in [0.5, 0.6) is 0 Å². The molecule has 0 unspecified atom stereocenters. The normalized spacial score (nSPS) is 22.9. The number of rotatable bonds is 3. The summed E-state index contributed by atoms with van der Waals surface area (Å²) >= 11 is 1.61. The van der Waals surface area contributed by atoms with Crippen LogP contribution in [0.15, 0.2) is 29.6 Å². The first-order valence-corrected chi connectivity index (χ1v) is 8.04. The molecule has 1 heterocycles. The van der Waals surface area contributed by atoms with Gasteiger partial charge in [0.15, 0.2) is 0 Å². The summed E-state index contributed by atoms with van der Waals surface area (Å²) in [6.45, 7) is 0.230. The summed E-state index contributed by atoms with van der Waals surface area (Å²) in [5.74, 6) is 0.360. The van der Waals surface area contributed by atoms with E-state index in [1.165, 1.54) is 0 Å². The van der Waals surface area contributed by atoms with E-state index >= 15 is 0 Å². The highest BCUT2D eigenvalue weighted by molar-refractivity contribution is 7.17. The van der Waals surface area contributed by atoms with Crippen molar-refractivity contribution in [2.45, 2.75) is 31.7 Å². The van der Waals surface area contributed by atoms with Crippen LogP contribution in [0, 0.1) is 5.92 Å². The number of hydrogen-bond donors (Lipinski definition) is 2. The Labute approximate surface area is 122 Å². The van der Waals surface area contributed by atoms with E-state index in [0.29, 0.717) is 5.92 Å². The molecule has 1 aliphatic rings. The van der Waals surface area contributed by atoms with Crippen molar-refractivity contribution in [2.24, 2.45) is 5.92 Å². The lowest BCUT2D eigenvalue weighted by molar-refractivity contribution is 0.0908. The lowest BCUT2D eigenvalue weighted by Crippen LogP contribution is -2.38. The zero-order valence-electron chi connectivity index (χ0n) is 11.3. The number of thiophene rings is 1. The van der Waals surface area contributed by atoms with Crippen molar-refractivity contribution in [3.05, 3.63) is 35.2 Å². The second kappa shape index (κ2) is 5.94. The van der Waals surface area contributed by atoms with Crippen LogP contribution in [-0.4, -0.2) is 23.7 Å². The highest BCUT2D eigenvalue weighted by Gasteiger charge is 2.23. The molecule has 1 amide bonds. The lowest BCUT2D eigenvalue weighted by Gasteiger charge is -2.28. The summed E-state index contributed by atoms with van der Waals surface area (Å²) in [5, 5.41) is 15.4. The Hall–Kier alpha value is -1.39. The molecule has 1 aromatic heterocycles. The number of nitrogens with one attached hydrogen (secondary N) is 1. The Morgan fingerprint density at radius 1 is 1.35 bits per heavy atom. The number of carbonyl (C=O) groups is 1. The zero-order valence-corrected chi connectivity index (χ0v) is 12.2. The Bertz CT molecular complexity index is 607. The molecule has 3 nitrogen and oxygen atoms in total. The van der Waals surface area contributed by atoms with Crippen LogP contribution in [0.3, 0.4) is 0 Å². The molecule has 2 atom stereocenters. The second-order valence-corrected chi connectivity index (χ2v) is 6.44. The fourth-order valence-electron chi connectivity index (χ4n) is 3.00. The van der Waals surface area contributed by atoms with E-state index in [-0.39, 0.29) is 18.6 Å². The topological polar surface area (TPSA) is 49.3 Å². The van der Waals surface area contributed by atoms with Gasteiger partial charge in [-0.1, -0.05) is 24.6 Å². The van der Waals surface area contributed by atoms with Crippen LogP contribution < -0.4 is 5.32 Å². The fourth-order valence-corrected chi connectivity index (χ4v) is 3.95. The monoisotopic (exact) mass is 289 g/mol. The maximum Gasteiger partial charge on any atom is 0.252 e. The molecule has 2 N–H and O–H groups in total. The molecule has 0 spiro atoms. The Morgan fingerprint density at radius 2 is 2.20 bits per heavy atom. The van der Waals surface area contributed by atoms with E-state index in [0.717, 1.165) is 41.3 Å². The van der Waals surface area contributed by atoms with Gasteiger partial charge in [-0.3, -0.25) is 4.79 Å². The lowest BCUT2D eigenvalue weighted by atomic mass is 9.86. The minimum Gasteiger partial charge on any atom is -0.396 e. The number of carbonyl (C=O) groups excluding carboxylic acids is 1. The zero-order chi connectivity index (χ0) is 13.9. The van der Waals surface area contributed by atoms with Crippen molar-refractivity contribution < 1.29 is 9.90 Å². The number of benzene rings is 1. The highest BCUT2D eigenvalue weighted by Crippen LogP contribution is 2.27. The van der Waals surface area contributed by atoms with E-state index in [1.807, 2.05) is 29.6 Å². The first-order valence-electron chi connectivity index (χ1n) is 7.16. The average molecular weight is 289 g/mol. The van der Waals surface area contributed by atoms with Gasteiger partial charge in [0.05, 0.1) is 5.56 Å². The van der Waals surface area contributed by atoms with Gasteiger partial charge in [-0.2, -0.15) is 0 Å². The summed E-state index contributed by atoms with van der Waals surface area (Å²) in [6.07, 6.45) is 4.07. The fraction of sp³-hybridized carbons (Fsp3) is 0.438. The van der Waals surface area contributed by atoms with Crippen molar-refractivity contribution in [3.8, 4) is 0 Å². The van der Waals surface area contributed by atoms with Crippen molar-refractivity contribution in [1.82, 2.24) is 5.32 Å². The van der Waals surface area contributed by atoms with E-state index < -0.39 is 0 Å². The first-order chi connectivity index (χ1) is 9.78. The largest absolute Gasteiger partial charge is 0.396 e. The molecule has 4 heteroatoms. The third-order valence-corrected chi connectivity index (χ3v) is 5.07. The number of aliphatic hydroxyl groups excluding tert-OH is 1. The van der Waals surface area contributed by atoms with Crippen molar-refractivity contribution in [3.63, 3.8) is 0 Å². The smallest absolute Gasteiger partial charge is 0.252 e. The summed E-state index contributed by atoms with van der Waals surface area (Å²) in [5.41, 5.74) is 0.775. The predicted molar refractivity (Wildman–Crippen MR) is 82.1 cm³/mol. The second-order valence-electron chi connectivity index (χ2n) is 5.53. The number of amides is 1. The maximum absolute atomic E-state index is 12.4. The summed E-state index contributed by atoms with van der Waals surface area (Å²) in [4.78, 5) is 12.4. The molecule has 0 bridgehead atoms. The molecule has 1 aliphatic carbocycles. The quantitative estimate of drug-likeness (QED) is 0.911. The Morgan fingerprint density at radius 3 is 3.05 bits per heavy atom. The van der Waals surface area contributed by atoms with Gasteiger partial charge in [0.2, 0.25) is 0 Å². The molecule has 0 saturated heterocycles. The van der Waals surface area contributed by atoms with Gasteiger partial charge in [0.25, 0.3) is 5.91 Å². The number of hydrogen-bond acceptors (Lipinski definition) is 3. The van der Waals surface area contributed by atoms with Crippen molar-refractivity contribution in [1.29, 1.82) is 0 Å². The molecule has 106 valence electrons. The third-order valence-electron chi connectivity index (χ3n) is 4.10. The Kier molecular flexibility index (Phi) is 4.03. The van der Waals surface area contributed by atoms with Crippen LogP contribution >= 0.6 is 11.3 Å². The van der Waals surface area contributed by atoms with Crippen LogP contribution in [-0.2, 0) is 0 Å². The minimum absolute atomic E-state index is 0.0195. The van der Waals surface area contributed by atoms with E-state index in [4.69, 9.17) is 0 Å². The molecule has 2 aromatic rings. The predicted octanol–water partition coefficient (Wildman–Crippen LogP) is 3.18. The molecule has 1 fully saturated rings. The SMILES string of the molecule is O=C(N[C@@H]1CCC[C@@H](CO)C1)c1csc2ccccc12. The molecule has 1 saturated carbocycles. The summed E-state index contributed by atoms with van der Waals surface area (Å²) in [6, 6.07) is 8.20. The number of aliphatic hydroxyl groups is 1. The minimum atomic E-state index is 0.0195. The average Bonchev–Trinajstić information content (AvgIpc) is 2.91. The third kappa shape index (κ3) is 2.72. The molecular weight excluding hydrogens is 270 g/mol.